The smallest absolute Gasteiger partial charge is 0.236 e. The monoisotopic (exact) mass is 211 g/mol. The van der Waals surface area contributed by atoms with Gasteiger partial charge in [0.15, 0.2) is 0 Å². The highest BCUT2D eigenvalue weighted by Gasteiger charge is 2.31. The minimum atomic E-state index is 0.276. The molecule has 4 heteroatoms. The van der Waals surface area contributed by atoms with E-state index in [2.05, 4.69) is 5.32 Å². The molecule has 2 fully saturated rings. The van der Waals surface area contributed by atoms with E-state index in [1.165, 1.54) is 19.3 Å². The third kappa shape index (κ3) is 2.69. The molecular formula is C11H21N3O. The van der Waals surface area contributed by atoms with Crippen molar-refractivity contribution in [2.45, 2.75) is 31.3 Å². The second kappa shape index (κ2) is 4.49. The highest BCUT2D eigenvalue weighted by molar-refractivity contribution is 5.78. The summed E-state index contributed by atoms with van der Waals surface area (Å²) >= 11 is 0. The van der Waals surface area contributed by atoms with E-state index in [0.717, 1.165) is 13.1 Å². The fourth-order valence-electron chi connectivity index (χ4n) is 2.58. The second-order valence-corrected chi connectivity index (χ2v) is 5.03. The van der Waals surface area contributed by atoms with Crippen LogP contribution in [0.5, 0.6) is 0 Å². The molecule has 0 saturated carbocycles. The summed E-state index contributed by atoms with van der Waals surface area (Å²) in [5.41, 5.74) is 0. The summed E-state index contributed by atoms with van der Waals surface area (Å²) in [5.74, 6) is 0.276. The van der Waals surface area contributed by atoms with E-state index < -0.39 is 0 Å². The predicted octanol–water partition coefficient (Wildman–Crippen LogP) is -0.0991. The van der Waals surface area contributed by atoms with E-state index >= 15 is 0 Å². The summed E-state index contributed by atoms with van der Waals surface area (Å²) in [5, 5.41) is 3.58. The Morgan fingerprint density at radius 2 is 1.93 bits per heavy atom. The van der Waals surface area contributed by atoms with Crippen molar-refractivity contribution in [3.8, 4) is 0 Å². The van der Waals surface area contributed by atoms with Crippen molar-refractivity contribution in [3.05, 3.63) is 0 Å². The molecule has 2 aliphatic heterocycles. The van der Waals surface area contributed by atoms with E-state index in [1.54, 1.807) is 0 Å². The maximum absolute atomic E-state index is 11.9. The second-order valence-electron chi connectivity index (χ2n) is 5.03. The minimum Gasteiger partial charge on any atom is -0.338 e. The maximum Gasteiger partial charge on any atom is 0.236 e. The Morgan fingerprint density at radius 3 is 2.47 bits per heavy atom. The lowest BCUT2D eigenvalue weighted by Gasteiger charge is -2.42. The number of piperazine rings is 1. The molecule has 0 aromatic heterocycles. The van der Waals surface area contributed by atoms with Crippen LogP contribution in [0.25, 0.3) is 0 Å². The van der Waals surface area contributed by atoms with Crippen LogP contribution in [-0.4, -0.2) is 61.5 Å². The van der Waals surface area contributed by atoms with Crippen LogP contribution in [0, 0.1) is 0 Å². The molecule has 4 nitrogen and oxygen atoms in total. The summed E-state index contributed by atoms with van der Waals surface area (Å²) in [6.07, 6.45) is 3.77. The van der Waals surface area contributed by atoms with Crippen molar-refractivity contribution in [1.82, 2.24) is 15.1 Å². The van der Waals surface area contributed by atoms with E-state index in [4.69, 9.17) is 0 Å². The molecule has 0 spiro atoms. The molecule has 2 unspecified atom stereocenters. The molecule has 15 heavy (non-hydrogen) atoms. The number of amides is 1. The molecule has 2 aliphatic rings. The van der Waals surface area contributed by atoms with Gasteiger partial charge in [0.05, 0.1) is 6.54 Å². The van der Waals surface area contributed by atoms with Crippen LogP contribution < -0.4 is 5.32 Å². The summed E-state index contributed by atoms with van der Waals surface area (Å²) < 4.78 is 0. The molecule has 1 N–H and O–H groups in total. The molecule has 2 rings (SSSR count). The van der Waals surface area contributed by atoms with Gasteiger partial charge >= 0.3 is 0 Å². The molecule has 0 aromatic carbocycles. The quantitative estimate of drug-likeness (QED) is 0.693. The number of rotatable bonds is 2. The number of nitrogens with zero attached hydrogens (tertiary/aromatic N) is 2. The molecule has 2 atom stereocenters. The largest absolute Gasteiger partial charge is 0.338 e. The lowest BCUT2D eigenvalue weighted by atomic mass is 9.94. The number of fused-ring (bicyclic) bond motifs is 2. The molecule has 86 valence electrons. The van der Waals surface area contributed by atoms with Gasteiger partial charge in [-0.1, -0.05) is 6.42 Å². The minimum absolute atomic E-state index is 0.276. The molecule has 2 saturated heterocycles. The maximum atomic E-state index is 11.9. The fourth-order valence-corrected chi connectivity index (χ4v) is 2.58. The zero-order valence-corrected chi connectivity index (χ0v) is 9.70. The SMILES string of the molecule is CN(C)CC(=O)N1CC2CCCC(C1)N2. The average molecular weight is 211 g/mol. The lowest BCUT2D eigenvalue weighted by Crippen LogP contribution is -2.60. The van der Waals surface area contributed by atoms with Crippen molar-refractivity contribution in [2.75, 3.05) is 33.7 Å². The number of likely N-dealkylation sites (tertiary alicyclic amines) is 1. The van der Waals surface area contributed by atoms with Crippen LogP contribution >= 0.6 is 0 Å². The molecular weight excluding hydrogens is 190 g/mol. The van der Waals surface area contributed by atoms with Gasteiger partial charge in [0.2, 0.25) is 5.91 Å². The van der Waals surface area contributed by atoms with Gasteiger partial charge in [-0.25, -0.2) is 0 Å². The van der Waals surface area contributed by atoms with Crippen molar-refractivity contribution < 1.29 is 4.79 Å². The van der Waals surface area contributed by atoms with Crippen molar-refractivity contribution in [1.29, 1.82) is 0 Å². The molecule has 2 heterocycles. The molecule has 0 radical (unpaired) electrons. The predicted molar refractivity (Wildman–Crippen MR) is 59.7 cm³/mol. The first kappa shape index (κ1) is 10.9. The average Bonchev–Trinajstić information content (AvgIpc) is 2.16. The van der Waals surface area contributed by atoms with Gasteiger partial charge in [0.1, 0.15) is 0 Å². The Labute approximate surface area is 91.6 Å². The van der Waals surface area contributed by atoms with Crippen LogP contribution in [-0.2, 0) is 4.79 Å². The van der Waals surface area contributed by atoms with Gasteiger partial charge in [-0.3, -0.25) is 4.79 Å². The number of carbonyl (C=O) groups excluding carboxylic acids is 1. The van der Waals surface area contributed by atoms with E-state index in [9.17, 15) is 4.79 Å². The highest BCUT2D eigenvalue weighted by atomic mass is 16.2. The third-order valence-electron chi connectivity index (χ3n) is 3.26. The Hall–Kier alpha value is -0.610. The summed E-state index contributed by atoms with van der Waals surface area (Å²) in [6.45, 7) is 2.35. The summed E-state index contributed by atoms with van der Waals surface area (Å²) in [7, 11) is 3.89. The Bertz CT molecular complexity index is 230. The normalized spacial score (nSPS) is 30.7. The zero-order chi connectivity index (χ0) is 10.8. The zero-order valence-electron chi connectivity index (χ0n) is 9.70. The number of carbonyl (C=O) groups is 1. The first-order valence-corrected chi connectivity index (χ1v) is 5.83. The van der Waals surface area contributed by atoms with Gasteiger partial charge in [-0.05, 0) is 26.9 Å². The van der Waals surface area contributed by atoms with Crippen LogP contribution in [0.3, 0.4) is 0 Å². The summed E-state index contributed by atoms with van der Waals surface area (Å²) in [4.78, 5) is 15.9. The third-order valence-corrected chi connectivity index (χ3v) is 3.26. The van der Waals surface area contributed by atoms with Gasteiger partial charge in [-0.2, -0.15) is 0 Å². The van der Waals surface area contributed by atoms with Crippen molar-refractivity contribution >= 4 is 5.91 Å². The highest BCUT2D eigenvalue weighted by Crippen LogP contribution is 2.19. The van der Waals surface area contributed by atoms with Gasteiger partial charge in [0.25, 0.3) is 0 Å². The van der Waals surface area contributed by atoms with Crippen LogP contribution in [0.1, 0.15) is 19.3 Å². The first-order chi connectivity index (χ1) is 7.15. The standard InChI is InChI=1S/C11H21N3O/c1-13(2)8-11(15)14-6-9-4-3-5-10(7-14)12-9/h9-10,12H,3-8H2,1-2H3. The Kier molecular flexibility index (Phi) is 3.26. The Balaban J connectivity index is 1.90. The number of hydrogen-bond donors (Lipinski definition) is 1. The van der Waals surface area contributed by atoms with Crippen LogP contribution in [0.4, 0.5) is 0 Å². The number of likely N-dealkylation sites (N-methyl/N-ethyl adjacent to an activating group) is 1. The fraction of sp³-hybridized carbons (Fsp3) is 0.909. The molecule has 0 aromatic rings. The summed E-state index contributed by atoms with van der Waals surface area (Å²) in [6, 6.07) is 1.09. The van der Waals surface area contributed by atoms with E-state index in [-0.39, 0.29) is 5.91 Å². The number of nitrogens with one attached hydrogen (secondary N) is 1. The number of piperidine rings is 1. The van der Waals surface area contributed by atoms with E-state index in [0.29, 0.717) is 18.6 Å². The molecule has 0 aliphatic carbocycles. The first-order valence-electron chi connectivity index (χ1n) is 5.83. The van der Waals surface area contributed by atoms with Crippen LogP contribution in [0.2, 0.25) is 0 Å². The Morgan fingerprint density at radius 1 is 1.33 bits per heavy atom. The van der Waals surface area contributed by atoms with Gasteiger partial charge in [0, 0.05) is 25.2 Å². The number of hydrogen-bond acceptors (Lipinski definition) is 3. The van der Waals surface area contributed by atoms with Crippen molar-refractivity contribution in [2.24, 2.45) is 0 Å². The van der Waals surface area contributed by atoms with Gasteiger partial charge in [-0.15, -0.1) is 0 Å². The lowest BCUT2D eigenvalue weighted by molar-refractivity contribution is -0.134. The van der Waals surface area contributed by atoms with Crippen molar-refractivity contribution in [3.63, 3.8) is 0 Å². The van der Waals surface area contributed by atoms with E-state index in [1.807, 2.05) is 23.9 Å². The van der Waals surface area contributed by atoms with Crippen LogP contribution in [0.15, 0.2) is 0 Å². The topological polar surface area (TPSA) is 35.6 Å². The molecule has 1 amide bonds. The molecule has 2 bridgehead atoms. The van der Waals surface area contributed by atoms with Gasteiger partial charge < -0.3 is 15.1 Å².